The topological polar surface area (TPSA) is 38.3 Å². The fourth-order valence-corrected chi connectivity index (χ4v) is 1.20. The molecule has 0 amide bonds. The highest BCUT2D eigenvalue weighted by Crippen LogP contribution is 2.13. The van der Waals surface area contributed by atoms with Gasteiger partial charge in [-0.2, -0.15) is 13.2 Å². The molecule has 0 aliphatic heterocycles. The molecule has 0 bridgehead atoms. The van der Waals surface area contributed by atoms with Crippen molar-refractivity contribution in [1.29, 1.82) is 0 Å². The van der Waals surface area contributed by atoms with Crippen LogP contribution in [0.5, 0.6) is 5.75 Å². The molecule has 0 atom stereocenters. The number of carbonyl (C=O) groups excluding carboxylic acids is 1. The van der Waals surface area contributed by atoms with Gasteiger partial charge in [0.15, 0.2) is 5.78 Å². The Hall–Kier alpha value is -1.56. The molecule has 0 radical (unpaired) electrons. The summed E-state index contributed by atoms with van der Waals surface area (Å²) in [4.78, 5) is 11.5. The SMILES string of the molecule is COc1ccc(C(=O)CNCC(F)(F)F)cc1. The fourth-order valence-electron chi connectivity index (χ4n) is 1.20. The lowest BCUT2D eigenvalue weighted by molar-refractivity contribution is -0.124. The molecule has 6 heteroatoms. The third kappa shape index (κ3) is 4.86. The molecule has 1 N–H and O–H groups in total. The lowest BCUT2D eigenvalue weighted by atomic mass is 10.1. The van der Waals surface area contributed by atoms with Crippen LogP contribution in [0.3, 0.4) is 0 Å². The zero-order valence-electron chi connectivity index (χ0n) is 9.17. The van der Waals surface area contributed by atoms with Gasteiger partial charge >= 0.3 is 6.18 Å². The van der Waals surface area contributed by atoms with Crippen LogP contribution in [-0.2, 0) is 0 Å². The van der Waals surface area contributed by atoms with Crippen molar-refractivity contribution in [3.8, 4) is 5.75 Å². The van der Waals surface area contributed by atoms with E-state index < -0.39 is 18.5 Å². The van der Waals surface area contributed by atoms with E-state index in [4.69, 9.17) is 4.74 Å². The number of alkyl halides is 3. The van der Waals surface area contributed by atoms with Crippen molar-refractivity contribution in [3.63, 3.8) is 0 Å². The predicted octanol–water partition coefficient (Wildman–Crippen LogP) is 2.03. The number of halogens is 3. The first-order chi connectivity index (χ1) is 7.92. The Labute approximate surface area is 96.6 Å². The van der Waals surface area contributed by atoms with E-state index in [9.17, 15) is 18.0 Å². The number of hydrogen-bond acceptors (Lipinski definition) is 3. The van der Waals surface area contributed by atoms with Crippen molar-refractivity contribution in [1.82, 2.24) is 5.32 Å². The van der Waals surface area contributed by atoms with Gasteiger partial charge in [-0.05, 0) is 24.3 Å². The second-order valence-corrected chi connectivity index (χ2v) is 3.37. The molecule has 0 aliphatic carbocycles. The summed E-state index contributed by atoms with van der Waals surface area (Å²) in [5.74, 6) is 0.196. The van der Waals surface area contributed by atoms with Crippen LogP contribution in [0.2, 0.25) is 0 Å². The molecule has 0 fully saturated rings. The Bertz CT molecular complexity index is 373. The molecule has 0 unspecified atom stereocenters. The molecule has 0 aromatic heterocycles. The fraction of sp³-hybridized carbons (Fsp3) is 0.364. The zero-order chi connectivity index (χ0) is 12.9. The highest BCUT2D eigenvalue weighted by molar-refractivity contribution is 5.97. The zero-order valence-corrected chi connectivity index (χ0v) is 9.17. The number of hydrogen-bond donors (Lipinski definition) is 1. The lowest BCUT2D eigenvalue weighted by Gasteiger charge is -2.07. The molecule has 1 aromatic rings. The maximum absolute atomic E-state index is 11.8. The minimum atomic E-state index is -4.31. The quantitative estimate of drug-likeness (QED) is 0.809. The number of carbonyl (C=O) groups is 1. The summed E-state index contributed by atoms with van der Waals surface area (Å²) in [6.07, 6.45) is -4.31. The van der Waals surface area contributed by atoms with Crippen LogP contribution < -0.4 is 10.1 Å². The van der Waals surface area contributed by atoms with Crippen molar-refractivity contribution in [2.45, 2.75) is 6.18 Å². The lowest BCUT2D eigenvalue weighted by Crippen LogP contribution is -2.32. The first kappa shape index (κ1) is 13.5. The van der Waals surface area contributed by atoms with Crippen LogP contribution in [0.4, 0.5) is 13.2 Å². The van der Waals surface area contributed by atoms with Crippen molar-refractivity contribution < 1.29 is 22.7 Å². The van der Waals surface area contributed by atoms with Gasteiger partial charge in [0.05, 0.1) is 20.2 Å². The molecule has 1 rings (SSSR count). The summed E-state index contributed by atoms with van der Waals surface area (Å²) in [5.41, 5.74) is 0.348. The largest absolute Gasteiger partial charge is 0.497 e. The van der Waals surface area contributed by atoms with Gasteiger partial charge < -0.3 is 10.1 Å². The van der Waals surface area contributed by atoms with E-state index in [-0.39, 0.29) is 6.54 Å². The van der Waals surface area contributed by atoms with E-state index in [1.807, 2.05) is 5.32 Å². The van der Waals surface area contributed by atoms with Crippen LogP contribution in [-0.4, -0.2) is 32.2 Å². The molecule has 0 aliphatic rings. The van der Waals surface area contributed by atoms with E-state index in [0.29, 0.717) is 11.3 Å². The molecule has 0 saturated heterocycles. The monoisotopic (exact) mass is 247 g/mol. The van der Waals surface area contributed by atoms with Gasteiger partial charge in [-0.15, -0.1) is 0 Å². The Kier molecular flexibility index (Phi) is 4.51. The van der Waals surface area contributed by atoms with Crippen LogP contribution in [0.1, 0.15) is 10.4 Å². The Balaban J connectivity index is 2.47. The summed E-state index contributed by atoms with van der Waals surface area (Å²) in [5, 5.41) is 2.05. The Morgan fingerprint density at radius 3 is 2.35 bits per heavy atom. The van der Waals surface area contributed by atoms with Gasteiger partial charge in [0.25, 0.3) is 0 Å². The van der Waals surface area contributed by atoms with Crippen molar-refractivity contribution in [2.75, 3.05) is 20.2 Å². The Morgan fingerprint density at radius 2 is 1.88 bits per heavy atom. The summed E-state index contributed by atoms with van der Waals surface area (Å²) < 4.78 is 40.3. The molecule has 0 heterocycles. The van der Waals surface area contributed by atoms with Crippen molar-refractivity contribution in [3.05, 3.63) is 29.8 Å². The van der Waals surface area contributed by atoms with Crippen LogP contribution >= 0.6 is 0 Å². The number of benzene rings is 1. The predicted molar refractivity (Wildman–Crippen MR) is 56.2 cm³/mol. The number of Topliss-reactive ketones (excluding diaryl/α,β-unsaturated/α-hetero) is 1. The molecule has 1 aromatic carbocycles. The Morgan fingerprint density at radius 1 is 1.29 bits per heavy atom. The highest BCUT2D eigenvalue weighted by atomic mass is 19.4. The van der Waals surface area contributed by atoms with Crippen molar-refractivity contribution >= 4 is 5.78 Å². The minimum Gasteiger partial charge on any atom is -0.497 e. The number of rotatable bonds is 5. The summed E-state index contributed by atoms with van der Waals surface area (Å²) in [7, 11) is 1.49. The average molecular weight is 247 g/mol. The summed E-state index contributed by atoms with van der Waals surface area (Å²) >= 11 is 0. The number of ketones is 1. The molecular formula is C11H12F3NO2. The van der Waals surface area contributed by atoms with E-state index in [2.05, 4.69) is 0 Å². The first-order valence-corrected chi connectivity index (χ1v) is 4.87. The maximum Gasteiger partial charge on any atom is 0.401 e. The number of nitrogens with one attached hydrogen (secondary N) is 1. The smallest absolute Gasteiger partial charge is 0.401 e. The first-order valence-electron chi connectivity index (χ1n) is 4.87. The van der Waals surface area contributed by atoms with Gasteiger partial charge in [-0.3, -0.25) is 4.79 Å². The van der Waals surface area contributed by atoms with Gasteiger partial charge in [0, 0.05) is 5.56 Å². The normalized spacial score (nSPS) is 11.3. The van der Waals surface area contributed by atoms with E-state index in [0.717, 1.165) is 0 Å². The molecule has 0 spiro atoms. The molecule has 3 nitrogen and oxygen atoms in total. The minimum absolute atomic E-state index is 0.341. The standard InChI is InChI=1S/C11H12F3NO2/c1-17-9-4-2-8(3-5-9)10(16)6-15-7-11(12,13)14/h2-5,15H,6-7H2,1H3. The van der Waals surface area contributed by atoms with Gasteiger partial charge in [0.1, 0.15) is 5.75 Å². The second kappa shape index (κ2) is 5.67. The average Bonchev–Trinajstić information content (AvgIpc) is 2.27. The summed E-state index contributed by atoms with van der Waals surface area (Å²) in [6, 6.07) is 6.18. The number of methoxy groups -OCH3 is 1. The third-order valence-electron chi connectivity index (χ3n) is 2.02. The number of ether oxygens (including phenoxy) is 1. The molecular weight excluding hydrogens is 235 g/mol. The van der Waals surface area contributed by atoms with Gasteiger partial charge in [-0.1, -0.05) is 0 Å². The second-order valence-electron chi connectivity index (χ2n) is 3.37. The molecule has 94 valence electrons. The van der Waals surface area contributed by atoms with Crippen LogP contribution in [0, 0.1) is 0 Å². The summed E-state index contributed by atoms with van der Waals surface area (Å²) in [6.45, 7) is -1.51. The van der Waals surface area contributed by atoms with E-state index >= 15 is 0 Å². The van der Waals surface area contributed by atoms with Gasteiger partial charge in [0.2, 0.25) is 0 Å². The van der Waals surface area contributed by atoms with Crippen LogP contribution in [0.25, 0.3) is 0 Å². The highest BCUT2D eigenvalue weighted by Gasteiger charge is 2.26. The van der Waals surface area contributed by atoms with Gasteiger partial charge in [-0.25, -0.2) is 0 Å². The third-order valence-corrected chi connectivity index (χ3v) is 2.02. The molecule has 17 heavy (non-hydrogen) atoms. The van der Waals surface area contributed by atoms with Crippen molar-refractivity contribution in [2.24, 2.45) is 0 Å². The maximum atomic E-state index is 11.8. The van der Waals surface area contributed by atoms with E-state index in [1.54, 1.807) is 12.1 Å². The van der Waals surface area contributed by atoms with Crippen LogP contribution in [0.15, 0.2) is 24.3 Å². The van der Waals surface area contributed by atoms with E-state index in [1.165, 1.54) is 19.2 Å². The molecule has 0 saturated carbocycles.